The molecule has 7 nitrogen and oxygen atoms in total. The molecule has 190 valence electrons. The first-order valence-electron chi connectivity index (χ1n) is 12.3. The van der Waals surface area contributed by atoms with Gasteiger partial charge in [0.2, 0.25) is 0 Å². The number of fused-ring (bicyclic) bond motifs is 1. The summed E-state index contributed by atoms with van der Waals surface area (Å²) in [6.45, 7) is 6.67. The molecule has 7 heteroatoms. The second kappa shape index (κ2) is 9.65. The minimum absolute atomic E-state index is 0.00689. The SMILES string of the molecule is CCc1ccc(C2/C(=C(\O)c3cc(C)cc(C)c3OC)C(=O)C(=O)N2c2ccc3c(c2)OCCO3)cc1. The Hall–Kier alpha value is -4.26. The Morgan fingerprint density at radius 3 is 2.38 bits per heavy atom. The standard InChI is InChI=1S/C30H29NO6/c1-5-19-6-8-20(9-7-19)26-25(27(32)22-15-17(2)14-18(3)29(22)35-4)28(33)30(34)31(26)21-10-11-23-24(16-21)37-13-12-36-23/h6-11,14-16,26,32H,5,12-13H2,1-4H3/b27-25+. The van der Waals surface area contributed by atoms with Gasteiger partial charge in [-0.2, -0.15) is 0 Å². The zero-order valence-corrected chi connectivity index (χ0v) is 21.3. The lowest BCUT2D eigenvalue weighted by molar-refractivity contribution is -0.132. The molecule has 3 aromatic rings. The van der Waals surface area contributed by atoms with Crippen LogP contribution in [0.4, 0.5) is 5.69 Å². The number of methoxy groups -OCH3 is 1. The number of rotatable bonds is 5. The number of carbonyl (C=O) groups is 2. The molecule has 1 N–H and O–H groups in total. The fourth-order valence-electron chi connectivity index (χ4n) is 5.08. The Kier molecular flexibility index (Phi) is 6.38. The number of hydrogen-bond acceptors (Lipinski definition) is 6. The van der Waals surface area contributed by atoms with Crippen LogP contribution in [-0.2, 0) is 16.0 Å². The van der Waals surface area contributed by atoms with E-state index < -0.39 is 17.7 Å². The molecule has 2 aliphatic heterocycles. The van der Waals surface area contributed by atoms with Gasteiger partial charge in [-0.1, -0.05) is 37.3 Å². The first-order chi connectivity index (χ1) is 17.8. The number of aliphatic hydroxyl groups is 1. The smallest absolute Gasteiger partial charge is 0.300 e. The third kappa shape index (κ3) is 4.20. The quantitative estimate of drug-likeness (QED) is 0.292. The molecule has 1 amide bonds. The van der Waals surface area contributed by atoms with Crippen molar-refractivity contribution >= 4 is 23.1 Å². The number of aliphatic hydroxyl groups excluding tert-OH is 1. The van der Waals surface area contributed by atoms with Crippen molar-refractivity contribution in [1.29, 1.82) is 0 Å². The number of hydrogen-bond donors (Lipinski definition) is 1. The van der Waals surface area contributed by atoms with Gasteiger partial charge in [-0.25, -0.2) is 0 Å². The fourth-order valence-corrected chi connectivity index (χ4v) is 5.08. The highest BCUT2D eigenvalue weighted by Crippen LogP contribution is 2.45. The van der Waals surface area contributed by atoms with Crippen molar-refractivity contribution in [2.45, 2.75) is 33.2 Å². The first kappa shape index (κ1) is 24.4. The van der Waals surface area contributed by atoms with E-state index in [2.05, 4.69) is 6.92 Å². The molecule has 0 aromatic heterocycles. The molecule has 2 aliphatic rings. The predicted molar refractivity (Wildman–Crippen MR) is 141 cm³/mol. The lowest BCUT2D eigenvalue weighted by atomic mass is 9.93. The molecule has 0 aliphatic carbocycles. The molecule has 1 saturated heterocycles. The van der Waals surface area contributed by atoms with E-state index in [0.29, 0.717) is 47.3 Å². The molecule has 1 unspecified atom stereocenters. The molecule has 0 bridgehead atoms. The zero-order chi connectivity index (χ0) is 26.3. The summed E-state index contributed by atoms with van der Waals surface area (Å²) >= 11 is 0. The van der Waals surface area contributed by atoms with Crippen molar-refractivity contribution in [1.82, 2.24) is 0 Å². The molecule has 37 heavy (non-hydrogen) atoms. The lowest BCUT2D eigenvalue weighted by Crippen LogP contribution is -2.29. The van der Waals surface area contributed by atoms with E-state index in [9.17, 15) is 14.7 Å². The van der Waals surface area contributed by atoms with E-state index >= 15 is 0 Å². The van der Waals surface area contributed by atoms with Gasteiger partial charge in [-0.15, -0.1) is 0 Å². The number of ketones is 1. The fraction of sp³-hybridized carbons (Fsp3) is 0.267. The Morgan fingerprint density at radius 2 is 1.70 bits per heavy atom. The number of carbonyl (C=O) groups excluding carboxylic acids is 2. The highest BCUT2D eigenvalue weighted by Gasteiger charge is 2.47. The monoisotopic (exact) mass is 499 g/mol. The van der Waals surface area contributed by atoms with Gasteiger partial charge in [-0.05, 0) is 60.7 Å². The Morgan fingerprint density at radius 1 is 1.00 bits per heavy atom. The van der Waals surface area contributed by atoms with Gasteiger partial charge in [0, 0.05) is 11.8 Å². The largest absolute Gasteiger partial charge is 0.507 e. The minimum Gasteiger partial charge on any atom is -0.507 e. The third-order valence-corrected chi connectivity index (χ3v) is 6.83. The van der Waals surface area contributed by atoms with Crippen LogP contribution in [0.1, 0.15) is 40.8 Å². The van der Waals surface area contributed by atoms with E-state index in [-0.39, 0.29) is 11.3 Å². The van der Waals surface area contributed by atoms with Crippen molar-refractivity contribution < 1.29 is 28.9 Å². The van der Waals surface area contributed by atoms with E-state index in [1.807, 2.05) is 44.2 Å². The maximum Gasteiger partial charge on any atom is 0.300 e. The summed E-state index contributed by atoms with van der Waals surface area (Å²) in [6.07, 6.45) is 0.850. The summed E-state index contributed by atoms with van der Waals surface area (Å²) in [5.74, 6) is -0.234. The van der Waals surface area contributed by atoms with Crippen molar-refractivity contribution in [2.24, 2.45) is 0 Å². The Labute approximate surface area is 215 Å². The van der Waals surface area contributed by atoms with Gasteiger partial charge in [0.25, 0.3) is 11.7 Å². The number of Topliss-reactive ketones (excluding diaryl/α,β-unsaturated/α-hetero) is 1. The molecular formula is C30H29NO6. The van der Waals surface area contributed by atoms with Crippen LogP contribution in [-0.4, -0.2) is 37.1 Å². The van der Waals surface area contributed by atoms with Crippen molar-refractivity contribution in [3.8, 4) is 17.2 Å². The highest BCUT2D eigenvalue weighted by molar-refractivity contribution is 6.51. The van der Waals surface area contributed by atoms with Gasteiger partial charge >= 0.3 is 0 Å². The third-order valence-electron chi connectivity index (χ3n) is 6.83. The average molecular weight is 500 g/mol. The molecule has 0 spiro atoms. The predicted octanol–water partition coefficient (Wildman–Crippen LogP) is 5.27. The zero-order valence-electron chi connectivity index (χ0n) is 21.3. The Balaban J connectivity index is 1.73. The van der Waals surface area contributed by atoms with Crippen LogP contribution in [0.2, 0.25) is 0 Å². The number of nitrogens with zero attached hydrogens (tertiary/aromatic N) is 1. The van der Waals surface area contributed by atoms with Crippen LogP contribution in [0.5, 0.6) is 17.2 Å². The molecule has 2 heterocycles. The second-order valence-electron chi connectivity index (χ2n) is 9.25. The first-order valence-corrected chi connectivity index (χ1v) is 12.3. The van der Waals surface area contributed by atoms with Crippen LogP contribution < -0.4 is 19.1 Å². The molecule has 0 saturated carbocycles. The van der Waals surface area contributed by atoms with Gasteiger partial charge in [0.15, 0.2) is 11.5 Å². The van der Waals surface area contributed by atoms with Gasteiger partial charge in [0.05, 0.1) is 24.3 Å². The maximum atomic E-state index is 13.6. The Bertz CT molecular complexity index is 1420. The molecule has 0 radical (unpaired) electrons. The van der Waals surface area contributed by atoms with Crippen molar-refractivity contribution in [2.75, 3.05) is 25.2 Å². The summed E-state index contributed by atoms with van der Waals surface area (Å²) in [5.41, 5.74) is 4.39. The van der Waals surface area contributed by atoms with Crippen LogP contribution in [0.15, 0.2) is 60.2 Å². The van der Waals surface area contributed by atoms with Crippen LogP contribution in [0, 0.1) is 13.8 Å². The van der Waals surface area contributed by atoms with Gasteiger partial charge < -0.3 is 19.3 Å². The summed E-state index contributed by atoms with van der Waals surface area (Å²) < 4.78 is 16.9. The molecule has 1 fully saturated rings. The molecular weight excluding hydrogens is 470 g/mol. The van der Waals surface area contributed by atoms with Crippen molar-refractivity contribution in [3.05, 3.63) is 88.0 Å². The summed E-state index contributed by atoms with van der Waals surface area (Å²) in [4.78, 5) is 28.5. The number of benzene rings is 3. The highest BCUT2D eigenvalue weighted by atomic mass is 16.6. The van der Waals surface area contributed by atoms with Gasteiger partial charge in [0.1, 0.15) is 24.7 Å². The topological polar surface area (TPSA) is 85.3 Å². The van der Waals surface area contributed by atoms with Crippen LogP contribution in [0.3, 0.4) is 0 Å². The normalized spacial score (nSPS) is 18.3. The molecule has 5 rings (SSSR count). The van der Waals surface area contributed by atoms with Gasteiger partial charge in [-0.3, -0.25) is 14.5 Å². The summed E-state index contributed by atoms with van der Waals surface area (Å²) in [5, 5.41) is 11.6. The maximum absolute atomic E-state index is 13.6. The van der Waals surface area contributed by atoms with Crippen LogP contribution in [0.25, 0.3) is 5.76 Å². The van der Waals surface area contributed by atoms with E-state index in [0.717, 1.165) is 23.1 Å². The summed E-state index contributed by atoms with van der Waals surface area (Å²) in [7, 11) is 1.52. The van der Waals surface area contributed by atoms with E-state index in [1.54, 1.807) is 24.3 Å². The van der Waals surface area contributed by atoms with Crippen LogP contribution >= 0.6 is 0 Å². The number of aryl methyl sites for hydroxylation is 3. The van der Waals surface area contributed by atoms with Crippen molar-refractivity contribution in [3.63, 3.8) is 0 Å². The second-order valence-corrected chi connectivity index (χ2v) is 9.25. The minimum atomic E-state index is -0.848. The number of amides is 1. The van der Waals surface area contributed by atoms with E-state index in [4.69, 9.17) is 14.2 Å². The average Bonchev–Trinajstić information content (AvgIpc) is 3.17. The lowest BCUT2D eigenvalue weighted by Gasteiger charge is -2.27. The summed E-state index contributed by atoms with van der Waals surface area (Å²) in [6, 6.07) is 15.7. The number of ether oxygens (including phenoxy) is 3. The van der Waals surface area contributed by atoms with E-state index in [1.165, 1.54) is 12.0 Å². The molecule has 1 atom stereocenters. The number of anilines is 1. The molecule has 3 aromatic carbocycles.